The van der Waals surface area contributed by atoms with Crippen molar-refractivity contribution in [2.24, 2.45) is 0 Å². The predicted octanol–water partition coefficient (Wildman–Crippen LogP) is 0.777. The van der Waals surface area contributed by atoms with Gasteiger partial charge in [-0.2, -0.15) is 0 Å². The van der Waals surface area contributed by atoms with Crippen LogP contribution in [0.3, 0.4) is 0 Å². The molecule has 1 aliphatic carbocycles. The second-order valence-electron chi connectivity index (χ2n) is 6.57. The third-order valence-electron chi connectivity index (χ3n) is 4.54. The molecule has 3 rings (SSSR count). The van der Waals surface area contributed by atoms with Gasteiger partial charge in [0.15, 0.2) is 9.84 Å². The molecule has 0 radical (unpaired) electrons. The van der Waals surface area contributed by atoms with Gasteiger partial charge >= 0.3 is 0 Å². The Morgan fingerprint density at radius 2 is 2.00 bits per heavy atom. The highest BCUT2D eigenvalue weighted by Crippen LogP contribution is 2.24. The molecule has 138 valence electrons. The normalized spacial score (nSPS) is 22.7. The van der Waals surface area contributed by atoms with Crippen LogP contribution in [0.4, 0.5) is 0 Å². The molecule has 1 N–H and O–H groups in total. The van der Waals surface area contributed by atoms with Crippen LogP contribution in [0.25, 0.3) is 0 Å². The van der Waals surface area contributed by atoms with E-state index in [1.54, 1.807) is 13.0 Å². The summed E-state index contributed by atoms with van der Waals surface area (Å²) in [5.41, 5.74) is 0.254. The zero-order valence-corrected chi connectivity index (χ0v) is 15.6. The summed E-state index contributed by atoms with van der Waals surface area (Å²) in [6.07, 6.45) is 2.08. The van der Waals surface area contributed by atoms with Gasteiger partial charge in [0, 0.05) is 24.2 Å². The van der Waals surface area contributed by atoms with Crippen LogP contribution in [0, 0.1) is 0 Å². The van der Waals surface area contributed by atoms with Crippen molar-refractivity contribution in [1.29, 1.82) is 0 Å². The fourth-order valence-corrected chi connectivity index (χ4v) is 6.12. The molecule has 1 aromatic carbocycles. The average molecular weight is 386 g/mol. The first-order valence-electron chi connectivity index (χ1n) is 8.35. The maximum Gasteiger partial charge on any atom is 0.254 e. The van der Waals surface area contributed by atoms with Crippen LogP contribution in [-0.4, -0.2) is 57.8 Å². The van der Waals surface area contributed by atoms with Crippen molar-refractivity contribution in [3.8, 4) is 0 Å². The van der Waals surface area contributed by atoms with E-state index in [9.17, 15) is 21.6 Å². The van der Waals surface area contributed by atoms with Crippen LogP contribution >= 0.6 is 0 Å². The molecular weight excluding hydrogens is 364 g/mol. The minimum Gasteiger partial charge on any atom is -0.335 e. The summed E-state index contributed by atoms with van der Waals surface area (Å²) in [6.45, 7) is 2.16. The van der Waals surface area contributed by atoms with Crippen LogP contribution in [0.1, 0.15) is 36.5 Å². The molecule has 1 heterocycles. The lowest BCUT2D eigenvalue weighted by atomic mass is 10.1. The molecule has 1 saturated heterocycles. The van der Waals surface area contributed by atoms with Crippen LogP contribution in [0.2, 0.25) is 0 Å². The van der Waals surface area contributed by atoms with Crippen molar-refractivity contribution in [3.63, 3.8) is 0 Å². The summed E-state index contributed by atoms with van der Waals surface area (Å²) in [7, 11) is -6.74. The second kappa shape index (κ2) is 6.69. The SMILES string of the molecule is CCN(C(=O)c1cccc(S(=O)(=O)NC2CC2)c1)C1CCS(=O)(=O)C1. The highest BCUT2D eigenvalue weighted by molar-refractivity contribution is 7.91. The fourth-order valence-electron chi connectivity index (χ4n) is 3.04. The van der Waals surface area contributed by atoms with Gasteiger partial charge in [0.05, 0.1) is 16.4 Å². The maximum absolute atomic E-state index is 12.8. The molecule has 7 nitrogen and oxygen atoms in total. The van der Waals surface area contributed by atoms with Crippen LogP contribution in [-0.2, 0) is 19.9 Å². The summed E-state index contributed by atoms with van der Waals surface area (Å²) in [5.74, 6) is -0.289. The number of nitrogens with one attached hydrogen (secondary N) is 1. The molecule has 25 heavy (non-hydrogen) atoms. The Kier molecular flexibility index (Phi) is 4.91. The third kappa shape index (κ3) is 4.21. The summed E-state index contributed by atoms with van der Waals surface area (Å²) in [4.78, 5) is 14.4. The molecule has 1 saturated carbocycles. The van der Waals surface area contributed by atoms with Gasteiger partial charge in [0.25, 0.3) is 5.91 Å². The first kappa shape index (κ1) is 18.3. The molecule has 1 aromatic rings. The molecule has 2 fully saturated rings. The average Bonchev–Trinajstić information content (AvgIpc) is 3.29. The second-order valence-corrected chi connectivity index (χ2v) is 10.5. The number of hydrogen-bond donors (Lipinski definition) is 1. The predicted molar refractivity (Wildman–Crippen MR) is 93.6 cm³/mol. The molecule has 1 aliphatic heterocycles. The third-order valence-corrected chi connectivity index (χ3v) is 7.81. The van der Waals surface area contributed by atoms with Gasteiger partial charge in [0.1, 0.15) is 0 Å². The number of sulfone groups is 1. The van der Waals surface area contributed by atoms with E-state index in [2.05, 4.69) is 4.72 Å². The highest BCUT2D eigenvalue weighted by Gasteiger charge is 2.34. The summed E-state index contributed by atoms with van der Waals surface area (Å²) in [5, 5.41) is 0. The van der Waals surface area contributed by atoms with Crippen LogP contribution < -0.4 is 4.72 Å². The Morgan fingerprint density at radius 1 is 1.28 bits per heavy atom. The van der Waals surface area contributed by atoms with Crippen LogP contribution in [0.5, 0.6) is 0 Å². The van der Waals surface area contributed by atoms with E-state index in [0.717, 1.165) is 12.8 Å². The first-order chi connectivity index (χ1) is 11.7. The minimum atomic E-state index is -3.64. The van der Waals surface area contributed by atoms with E-state index in [-0.39, 0.29) is 40.0 Å². The minimum absolute atomic E-state index is 0.0137. The van der Waals surface area contributed by atoms with Crippen molar-refractivity contribution in [3.05, 3.63) is 29.8 Å². The maximum atomic E-state index is 12.8. The van der Waals surface area contributed by atoms with E-state index < -0.39 is 19.9 Å². The van der Waals surface area contributed by atoms with Gasteiger partial charge in [-0.15, -0.1) is 0 Å². The standard InChI is InChI=1S/C16H22N2O5S2/c1-2-18(14-8-9-24(20,21)11-14)16(19)12-4-3-5-15(10-12)25(22,23)17-13-6-7-13/h3-5,10,13-14,17H,2,6-9,11H2,1H3. The number of carbonyl (C=O) groups excluding carboxylic acids is 1. The lowest BCUT2D eigenvalue weighted by molar-refractivity contribution is 0.0708. The Labute approximate surface area is 148 Å². The van der Waals surface area contributed by atoms with Crippen molar-refractivity contribution in [2.45, 2.75) is 43.2 Å². The molecule has 2 aliphatic rings. The molecular formula is C16H22N2O5S2. The van der Waals surface area contributed by atoms with E-state index >= 15 is 0 Å². The quantitative estimate of drug-likeness (QED) is 0.778. The fraction of sp³-hybridized carbons (Fsp3) is 0.562. The smallest absolute Gasteiger partial charge is 0.254 e. The molecule has 0 aromatic heterocycles. The number of carbonyl (C=O) groups is 1. The molecule has 0 bridgehead atoms. The number of sulfonamides is 1. The Morgan fingerprint density at radius 3 is 2.56 bits per heavy atom. The van der Waals surface area contributed by atoms with E-state index in [4.69, 9.17) is 0 Å². The molecule has 9 heteroatoms. The summed E-state index contributed by atoms with van der Waals surface area (Å²) in [6, 6.07) is 5.54. The number of hydrogen-bond acceptors (Lipinski definition) is 5. The van der Waals surface area contributed by atoms with Crippen molar-refractivity contribution in [1.82, 2.24) is 9.62 Å². The Hall–Kier alpha value is -1.45. The van der Waals surface area contributed by atoms with E-state index in [0.29, 0.717) is 13.0 Å². The molecule has 1 atom stereocenters. The molecule has 1 unspecified atom stereocenters. The summed E-state index contributed by atoms with van der Waals surface area (Å²) < 4.78 is 50.6. The molecule has 1 amide bonds. The van der Waals surface area contributed by atoms with Gasteiger partial charge in [-0.1, -0.05) is 6.07 Å². The monoisotopic (exact) mass is 386 g/mol. The van der Waals surface area contributed by atoms with E-state index in [1.807, 2.05) is 0 Å². The Balaban J connectivity index is 1.82. The summed E-state index contributed by atoms with van der Waals surface area (Å²) >= 11 is 0. The molecule has 0 spiro atoms. The van der Waals surface area contributed by atoms with Crippen molar-refractivity contribution >= 4 is 25.8 Å². The Bertz CT molecular complexity index is 876. The topological polar surface area (TPSA) is 101 Å². The number of nitrogens with zero attached hydrogens (tertiary/aromatic N) is 1. The lowest BCUT2D eigenvalue weighted by Crippen LogP contribution is -2.41. The van der Waals surface area contributed by atoms with Crippen molar-refractivity contribution in [2.75, 3.05) is 18.1 Å². The zero-order valence-electron chi connectivity index (χ0n) is 14.0. The highest BCUT2D eigenvalue weighted by atomic mass is 32.2. The van der Waals surface area contributed by atoms with E-state index in [1.165, 1.54) is 23.1 Å². The van der Waals surface area contributed by atoms with Crippen molar-refractivity contribution < 1.29 is 21.6 Å². The van der Waals surface area contributed by atoms with Gasteiger partial charge < -0.3 is 4.90 Å². The van der Waals surface area contributed by atoms with Gasteiger partial charge in [0.2, 0.25) is 10.0 Å². The van der Waals surface area contributed by atoms with Gasteiger partial charge in [-0.05, 0) is 44.4 Å². The number of rotatable bonds is 6. The van der Waals surface area contributed by atoms with Crippen LogP contribution in [0.15, 0.2) is 29.2 Å². The lowest BCUT2D eigenvalue weighted by Gasteiger charge is -2.27. The first-order valence-corrected chi connectivity index (χ1v) is 11.7. The largest absolute Gasteiger partial charge is 0.335 e. The zero-order chi connectivity index (χ0) is 18.2. The van der Waals surface area contributed by atoms with Gasteiger partial charge in [-0.3, -0.25) is 4.79 Å². The number of amides is 1. The van der Waals surface area contributed by atoms with Gasteiger partial charge in [-0.25, -0.2) is 21.6 Å². The number of benzene rings is 1.